The smallest absolute Gasteiger partial charge is 0.256 e. The van der Waals surface area contributed by atoms with E-state index in [2.05, 4.69) is 19.1 Å². The Morgan fingerprint density at radius 3 is 2.79 bits per heavy atom. The number of rotatable bonds is 4. The zero-order chi connectivity index (χ0) is 17.1. The molecule has 4 nitrogen and oxygen atoms in total. The highest BCUT2D eigenvalue weighted by atomic mass is 16.5. The topological polar surface area (TPSA) is 49.8 Å². The molecule has 0 saturated carbocycles. The van der Waals surface area contributed by atoms with Crippen molar-refractivity contribution in [3.05, 3.63) is 65.2 Å². The lowest BCUT2D eigenvalue weighted by Gasteiger charge is -2.28. The number of aliphatic hydroxyl groups is 1. The highest BCUT2D eigenvalue weighted by Gasteiger charge is 2.34. The number of nitrogens with zero attached hydrogens (tertiary/aromatic N) is 1. The third-order valence-electron chi connectivity index (χ3n) is 4.73. The molecular weight excluding hydrogens is 302 g/mol. The van der Waals surface area contributed by atoms with Crippen molar-refractivity contribution in [1.29, 1.82) is 0 Å². The van der Waals surface area contributed by atoms with Gasteiger partial charge < -0.3 is 14.7 Å². The summed E-state index contributed by atoms with van der Waals surface area (Å²) in [4.78, 5) is 14.7. The van der Waals surface area contributed by atoms with Crippen LogP contribution in [-0.2, 0) is 4.79 Å². The number of aryl methyl sites for hydroxylation is 1. The van der Waals surface area contributed by atoms with E-state index in [1.165, 1.54) is 11.1 Å². The first kappa shape index (κ1) is 16.5. The van der Waals surface area contributed by atoms with Crippen molar-refractivity contribution in [2.75, 3.05) is 13.7 Å². The second-order valence-electron chi connectivity index (χ2n) is 6.23. The molecule has 1 N–H and O–H groups in total. The van der Waals surface area contributed by atoms with E-state index in [9.17, 15) is 9.90 Å². The monoisotopic (exact) mass is 325 g/mol. The second-order valence-corrected chi connectivity index (χ2v) is 6.23. The Balaban J connectivity index is 1.84. The van der Waals surface area contributed by atoms with E-state index in [1.54, 1.807) is 31.4 Å². The lowest BCUT2D eigenvalue weighted by molar-refractivity contribution is -0.141. The van der Waals surface area contributed by atoms with Crippen molar-refractivity contribution in [1.82, 2.24) is 4.90 Å². The van der Waals surface area contributed by atoms with Gasteiger partial charge in [0.25, 0.3) is 5.91 Å². The minimum Gasteiger partial charge on any atom is -0.497 e. The number of benzene rings is 2. The standard InChI is InChI=1S/C20H23NO3/c1-14-7-3-4-10-17(14)18-11-6-12-21(18)20(23)19(22)15-8-5-9-16(13-15)24-2/h3-5,7-10,13,18-19,22H,6,11-12H2,1-2H3. The summed E-state index contributed by atoms with van der Waals surface area (Å²) in [5, 5.41) is 10.6. The second kappa shape index (κ2) is 7.05. The summed E-state index contributed by atoms with van der Waals surface area (Å²) in [7, 11) is 1.57. The molecule has 2 aromatic rings. The van der Waals surface area contributed by atoms with Crippen LogP contribution in [0.5, 0.6) is 5.75 Å². The van der Waals surface area contributed by atoms with E-state index in [1.807, 2.05) is 17.0 Å². The molecule has 4 heteroatoms. The highest BCUT2D eigenvalue weighted by Crippen LogP contribution is 2.35. The van der Waals surface area contributed by atoms with Crippen LogP contribution in [0.2, 0.25) is 0 Å². The van der Waals surface area contributed by atoms with Crippen LogP contribution in [0.1, 0.15) is 41.7 Å². The van der Waals surface area contributed by atoms with Crippen molar-refractivity contribution in [3.63, 3.8) is 0 Å². The first-order valence-corrected chi connectivity index (χ1v) is 8.30. The molecule has 0 aromatic heterocycles. The number of methoxy groups -OCH3 is 1. The van der Waals surface area contributed by atoms with Crippen LogP contribution in [0.25, 0.3) is 0 Å². The number of ether oxygens (including phenoxy) is 1. The number of hydrogen-bond donors (Lipinski definition) is 1. The van der Waals surface area contributed by atoms with E-state index in [4.69, 9.17) is 4.74 Å². The Kier molecular flexibility index (Phi) is 4.86. The van der Waals surface area contributed by atoms with Crippen LogP contribution < -0.4 is 4.74 Å². The molecule has 2 aromatic carbocycles. The van der Waals surface area contributed by atoms with Crippen LogP contribution in [0.15, 0.2) is 48.5 Å². The zero-order valence-electron chi connectivity index (χ0n) is 14.1. The van der Waals surface area contributed by atoms with Gasteiger partial charge in [-0.1, -0.05) is 36.4 Å². The minimum absolute atomic E-state index is 0.0407. The third kappa shape index (κ3) is 3.15. The molecule has 0 aliphatic carbocycles. The Morgan fingerprint density at radius 2 is 2.04 bits per heavy atom. The predicted octanol–water partition coefficient (Wildman–Crippen LogP) is 3.40. The van der Waals surface area contributed by atoms with Crippen LogP contribution in [0, 0.1) is 6.92 Å². The van der Waals surface area contributed by atoms with Gasteiger partial charge in [0.2, 0.25) is 0 Å². The number of amides is 1. The largest absolute Gasteiger partial charge is 0.497 e. The van der Waals surface area contributed by atoms with Crippen LogP contribution in [0.4, 0.5) is 0 Å². The fraction of sp³-hybridized carbons (Fsp3) is 0.350. The molecule has 3 rings (SSSR count). The van der Waals surface area contributed by atoms with Crippen LogP contribution in [0.3, 0.4) is 0 Å². The molecule has 1 fully saturated rings. The number of hydrogen-bond acceptors (Lipinski definition) is 3. The first-order valence-electron chi connectivity index (χ1n) is 8.30. The van der Waals surface area contributed by atoms with Crippen LogP contribution >= 0.6 is 0 Å². The molecule has 1 aliphatic rings. The molecule has 2 atom stereocenters. The summed E-state index contributed by atoms with van der Waals surface area (Å²) >= 11 is 0. The molecule has 1 saturated heterocycles. The highest BCUT2D eigenvalue weighted by molar-refractivity contribution is 5.83. The summed E-state index contributed by atoms with van der Waals surface area (Å²) in [5.41, 5.74) is 2.91. The Bertz CT molecular complexity index is 728. The molecule has 0 bridgehead atoms. The lowest BCUT2D eigenvalue weighted by atomic mass is 9.98. The van der Waals surface area contributed by atoms with Gasteiger partial charge in [0, 0.05) is 6.54 Å². The van der Waals surface area contributed by atoms with Gasteiger partial charge >= 0.3 is 0 Å². The van der Waals surface area contributed by atoms with Gasteiger partial charge in [-0.05, 0) is 48.6 Å². The fourth-order valence-electron chi connectivity index (χ4n) is 3.43. The van der Waals surface area contributed by atoms with Crippen molar-refractivity contribution in [2.45, 2.75) is 31.9 Å². The van der Waals surface area contributed by atoms with E-state index in [0.29, 0.717) is 17.9 Å². The summed E-state index contributed by atoms with van der Waals surface area (Å²) in [6.45, 7) is 2.74. The quantitative estimate of drug-likeness (QED) is 0.937. The van der Waals surface area contributed by atoms with Gasteiger partial charge in [-0.2, -0.15) is 0 Å². The minimum atomic E-state index is -1.16. The number of aliphatic hydroxyl groups excluding tert-OH is 1. The lowest BCUT2D eigenvalue weighted by Crippen LogP contribution is -2.35. The normalized spacial score (nSPS) is 18.5. The maximum absolute atomic E-state index is 12.9. The first-order chi connectivity index (χ1) is 11.6. The number of carbonyl (C=O) groups excluding carboxylic acids is 1. The molecule has 24 heavy (non-hydrogen) atoms. The van der Waals surface area contributed by atoms with Crippen molar-refractivity contribution in [2.24, 2.45) is 0 Å². The molecule has 2 unspecified atom stereocenters. The van der Waals surface area contributed by atoms with Crippen molar-refractivity contribution >= 4 is 5.91 Å². The summed E-state index contributed by atoms with van der Waals surface area (Å²) in [6.07, 6.45) is 0.724. The van der Waals surface area contributed by atoms with Gasteiger partial charge in [-0.3, -0.25) is 4.79 Å². The van der Waals surface area contributed by atoms with E-state index < -0.39 is 6.10 Å². The molecular formula is C20H23NO3. The zero-order valence-corrected chi connectivity index (χ0v) is 14.1. The van der Waals surface area contributed by atoms with Gasteiger partial charge in [0.15, 0.2) is 6.10 Å². The molecule has 1 amide bonds. The van der Waals surface area contributed by atoms with E-state index >= 15 is 0 Å². The number of likely N-dealkylation sites (tertiary alicyclic amines) is 1. The average molecular weight is 325 g/mol. The third-order valence-corrected chi connectivity index (χ3v) is 4.73. The Hall–Kier alpha value is -2.33. The molecule has 0 spiro atoms. The van der Waals surface area contributed by atoms with E-state index in [0.717, 1.165) is 12.8 Å². The predicted molar refractivity (Wildman–Crippen MR) is 92.8 cm³/mol. The van der Waals surface area contributed by atoms with E-state index in [-0.39, 0.29) is 11.9 Å². The summed E-state index contributed by atoms with van der Waals surface area (Å²) in [6, 6.07) is 15.2. The SMILES string of the molecule is COc1cccc(C(O)C(=O)N2CCCC2c2ccccc2C)c1. The summed E-state index contributed by atoms with van der Waals surface area (Å²) in [5.74, 6) is 0.394. The van der Waals surface area contributed by atoms with Gasteiger partial charge in [-0.25, -0.2) is 0 Å². The molecule has 126 valence electrons. The average Bonchev–Trinajstić information content (AvgIpc) is 3.10. The fourth-order valence-corrected chi connectivity index (χ4v) is 3.43. The van der Waals surface area contributed by atoms with Crippen molar-refractivity contribution < 1.29 is 14.6 Å². The molecule has 0 radical (unpaired) electrons. The maximum atomic E-state index is 12.9. The maximum Gasteiger partial charge on any atom is 0.256 e. The molecule has 1 heterocycles. The van der Waals surface area contributed by atoms with Crippen molar-refractivity contribution in [3.8, 4) is 5.75 Å². The van der Waals surface area contributed by atoms with Gasteiger partial charge in [-0.15, -0.1) is 0 Å². The van der Waals surface area contributed by atoms with Gasteiger partial charge in [0.05, 0.1) is 13.2 Å². The van der Waals surface area contributed by atoms with Crippen LogP contribution in [-0.4, -0.2) is 29.6 Å². The molecule has 1 aliphatic heterocycles. The Morgan fingerprint density at radius 1 is 1.25 bits per heavy atom. The Labute approximate surface area is 142 Å². The summed E-state index contributed by atoms with van der Waals surface area (Å²) < 4.78 is 5.18. The number of carbonyl (C=O) groups is 1. The van der Waals surface area contributed by atoms with Gasteiger partial charge in [0.1, 0.15) is 5.75 Å².